The van der Waals surface area contributed by atoms with Crippen molar-refractivity contribution in [2.24, 2.45) is 0 Å². The van der Waals surface area contributed by atoms with Crippen molar-refractivity contribution in [2.45, 2.75) is 46.6 Å². The maximum absolute atomic E-state index is 5.09. The van der Waals surface area contributed by atoms with Crippen LogP contribution in [0.25, 0.3) is 0 Å². The molecule has 0 spiro atoms. The predicted octanol–water partition coefficient (Wildman–Crippen LogP) is 2.60. The third-order valence-electron chi connectivity index (χ3n) is 2.93. The van der Waals surface area contributed by atoms with Crippen molar-refractivity contribution in [3.8, 4) is 0 Å². The third kappa shape index (κ3) is 3.61. The van der Waals surface area contributed by atoms with Gasteiger partial charge in [0.2, 0.25) is 5.89 Å². The van der Waals surface area contributed by atoms with Crippen molar-refractivity contribution in [3.63, 3.8) is 0 Å². The first kappa shape index (κ1) is 14.1. The van der Waals surface area contributed by atoms with Crippen molar-refractivity contribution in [2.75, 3.05) is 6.54 Å². The summed E-state index contributed by atoms with van der Waals surface area (Å²) in [6.45, 7) is 9.03. The average Bonchev–Trinajstić information content (AvgIpc) is 2.95. The van der Waals surface area contributed by atoms with E-state index in [2.05, 4.69) is 41.2 Å². The van der Waals surface area contributed by atoms with E-state index in [0.29, 0.717) is 17.8 Å². The van der Waals surface area contributed by atoms with E-state index in [9.17, 15) is 0 Å². The Balaban J connectivity index is 1.86. The van der Waals surface area contributed by atoms with E-state index < -0.39 is 0 Å². The second-order valence-corrected chi connectivity index (χ2v) is 5.69. The second kappa shape index (κ2) is 6.25. The fraction of sp³-hybridized carbons (Fsp3) is 0.615. The zero-order chi connectivity index (χ0) is 13.8. The van der Waals surface area contributed by atoms with Crippen LogP contribution in [-0.4, -0.2) is 21.7 Å². The zero-order valence-electron chi connectivity index (χ0n) is 11.9. The number of thiazole rings is 1. The van der Waals surface area contributed by atoms with Crippen LogP contribution in [0.15, 0.2) is 4.52 Å². The molecular formula is C13H20N4OS. The van der Waals surface area contributed by atoms with E-state index in [4.69, 9.17) is 4.52 Å². The van der Waals surface area contributed by atoms with Crippen molar-refractivity contribution in [3.05, 3.63) is 27.3 Å². The van der Waals surface area contributed by atoms with Crippen LogP contribution in [0, 0.1) is 13.8 Å². The highest BCUT2D eigenvalue weighted by molar-refractivity contribution is 7.11. The standard InChI is InChI=1S/C13H20N4OS/c1-5-12-15-9(3)13(19-12)8(2)14-7-6-11-16-10(4)17-18-11/h8,14H,5-7H2,1-4H3/t8-/m1/s1. The molecule has 104 valence electrons. The number of aromatic nitrogens is 3. The number of nitrogens with zero attached hydrogens (tertiary/aromatic N) is 3. The minimum atomic E-state index is 0.307. The van der Waals surface area contributed by atoms with Crippen LogP contribution >= 0.6 is 11.3 Å². The lowest BCUT2D eigenvalue weighted by molar-refractivity contribution is 0.370. The quantitative estimate of drug-likeness (QED) is 0.881. The van der Waals surface area contributed by atoms with Gasteiger partial charge in [-0.05, 0) is 27.2 Å². The molecule has 0 radical (unpaired) electrons. The summed E-state index contributed by atoms with van der Waals surface area (Å²) in [7, 11) is 0. The molecule has 0 saturated heterocycles. The Kier molecular flexibility index (Phi) is 4.66. The highest BCUT2D eigenvalue weighted by Crippen LogP contribution is 2.25. The first-order valence-corrected chi connectivity index (χ1v) is 7.40. The predicted molar refractivity (Wildman–Crippen MR) is 75.4 cm³/mol. The minimum Gasteiger partial charge on any atom is -0.339 e. The molecule has 0 aliphatic carbocycles. The molecule has 0 bridgehead atoms. The van der Waals surface area contributed by atoms with Crippen LogP contribution < -0.4 is 5.32 Å². The fourth-order valence-electron chi connectivity index (χ4n) is 1.95. The van der Waals surface area contributed by atoms with Gasteiger partial charge in [0.25, 0.3) is 0 Å². The lowest BCUT2D eigenvalue weighted by Gasteiger charge is -2.11. The highest BCUT2D eigenvalue weighted by Gasteiger charge is 2.13. The SMILES string of the molecule is CCc1nc(C)c([C@@H](C)NCCc2nc(C)no2)s1. The van der Waals surface area contributed by atoms with E-state index in [-0.39, 0.29) is 0 Å². The Morgan fingerprint density at radius 1 is 1.32 bits per heavy atom. The summed E-state index contributed by atoms with van der Waals surface area (Å²) in [5.74, 6) is 1.38. The van der Waals surface area contributed by atoms with E-state index in [1.54, 1.807) is 11.3 Å². The Bertz CT molecular complexity index is 534. The lowest BCUT2D eigenvalue weighted by atomic mass is 10.2. The summed E-state index contributed by atoms with van der Waals surface area (Å²) in [5.41, 5.74) is 1.13. The summed E-state index contributed by atoms with van der Waals surface area (Å²) < 4.78 is 5.09. The van der Waals surface area contributed by atoms with Gasteiger partial charge in [-0.1, -0.05) is 12.1 Å². The molecule has 0 saturated carbocycles. The molecule has 0 amide bonds. The third-order valence-corrected chi connectivity index (χ3v) is 4.42. The molecule has 2 aromatic heterocycles. The molecule has 6 heteroatoms. The average molecular weight is 280 g/mol. The molecule has 2 aromatic rings. The Morgan fingerprint density at radius 3 is 2.68 bits per heavy atom. The van der Waals surface area contributed by atoms with E-state index in [0.717, 1.165) is 25.1 Å². The number of rotatable bonds is 6. The smallest absolute Gasteiger partial charge is 0.227 e. The summed E-state index contributed by atoms with van der Waals surface area (Å²) in [6, 6.07) is 0.307. The van der Waals surface area contributed by atoms with Gasteiger partial charge in [-0.3, -0.25) is 0 Å². The largest absolute Gasteiger partial charge is 0.339 e. The van der Waals surface area contributed by atoms with Gasteiger partial charge in [-0.25, -0.2) is 4.98 Å². The number of aryl methyl sites for hydroxylation is 3. The van der Waals surface area contributed by atoms with Gasteiger partial charge in [0, 0.05) is 23.9 Å². The molecular weight excluding hydrogens is 260 g/mol. The maximum atomic E-state index is 5.09. The molecule has 19 heavy (non-hydrogen) atoms. The normalized spacial score (nSPS) is 12.8. The first-order valence-electron chi connectivity index (χ1n) is 6.59. The summed E-state index contributed by atoms with van der Waals surface area (Å²) in [6.07, 6.45) is 1.75. The summed E-state index contributed by atoms with van der Waals surface area (Å²) in [4.78, 5) is 10.1. The van der Waals surface area contributed by atoms with E-state index >= 15 is 0 Å². The van der Waals surface area contributed by atoms with Gasteiger partial charge in [0.15, 0.2) is 5.82 Å². The van der Waals surface area contributed by atoms with Crippen LogP contribution in [0.2, 0.25) is 0 Å². The van der Waals surface area contributed by atoms with Crippen LogP contribution in [0.5, 0.6) is 0 Å². The molecule has 5 nitrogen and oxygen atoms in total. The molecule has 2 heterocycles. The van der Waals surface area contributed by atoms with Gasteiger partial charge in [0.1, 0.15) is 0 Å². The van der Waals surface area contributed by atoms with Gasteiger partial charge in [-0.15, -0.1) is 11.3 Å². The Labute approximate surface area is 117 Å². The number of hydrogen-bond acceptors (Lipinski definition) is 6. The van der Waals surface area contributed by atoms with E-state index in [1.807, 2.05) is 6.92 Å². The van der Waals surface area contributed by atoms with Crippen molar-refractivity contribution in [1.82, 2.24) is 20.4 Å². The molecule has 2 rings (SSSR count). The molecule has 0 fully saturated rings. The topological polar surface area (TPSA) is 63.8 Å². The van der Waals surface area contributed by atoms with Crippen molar-refractivity contribution in [1.29, 1.82) is 0 Å². The fourth-order valence-corrected chi connectivity index (χ4v) is 2.98. The monoisotopic (exact) mass is 280 g/mol. The van der Waals surface area contributed by atoms with Crippen LogP contribution in [0.4, 0.5) is 0 Å². The van der Waals surface area contributed by atoms with Crippen molar-refractivity contribution >= 4 is 11.3 Å². The van der Waals surface area contributed by atoms with Crippen molar-refractivity contribution < 1.29 is 4.52 Å². The van der Waals surface area contributed by atoms with Crippen LogP contribution in [-0.2, 0) is 12.8 Å². The first-order chi connectivity index (χ1) is 9.10. The molecule has 1 atom stereocenters. The zero-order valence-corrected chi connectivity index (χ0v) is 12.7. The van der Waals surface area contributed by atoms with Gasteiger partial charge >= 0.3 is 0 Å². The molecule has 0 aromatic carbocycles. The van der Waals surface area contributed by atoms with Gasteiger partial charge < -0.3 is 9.84 Å². The van der Waals surface area contributed by atoms with Crippen LogP contribution in [0.1, 0.15) is 47.2 Å². The molecule has 0 aliphatic heterocycles. The van der Waals surface area contributed by atoms with Gasteiger partial charge in [-0.2, -0.15) is 4.98 Å². The lowest BCUT2D eigenvalue weighted by Crippen LogP contribution is -2.21. The summed E-state index contributed by atoms with van der Waals surface area (Å²) >= 11 is 1.79. The summed E-state index contributed by atoms with van der Waals surface area (Å²) in [5, 5.41) is 8.46. The molecule has 1 N–H and O–H groups in total. The van der Waals surface area contributed by atoms with Gasteiger partial charge in [0.05, 0.1) is 10.7 Å². The molecule has 0 aliphatic rings. The van der Waals surface area contributed by atoms with Crippen LogP contribution in [0.3, 0.4) is 0 Å². The second-order valence-electron chi connectivity index (χ2n) is 4.57. The maximum Gasteiger partial charge on any atom is 0.227 e. The Hall–Kier alpha value is -1.27. The highest BCUT2D eigenvalue weighted by atomic mass is 32.1. The minimum absolute atomic E-state index is 0.307. The Morgan fingerprint density at radius 2 is 2.11 bits per heavy atom. The number of nitrogens with one attached hydrogen (secondary N) is 1. The number of hydrogen-bond donors (Lipinski definition) is 1. The van der Waals surface area contributed by atoms with E-state index in [1.165, 1.54) is 9.88 Å². The molecule has 0 unspecified atom stereocenters.